The van der Waals surface area contributed by atoms with E-state index >= 15 is 0 Å². The molecule has 0 spiro atoms. The van der Waals surface area contributed by atoms with E-state index < -0.39 is 10.2 Å². The fourth-order valence-electron chi connectivity index (χ4n) is 3.62. The van der Waals surface area contributed by atoms with Gasteiger partial charge in [-0.2, -0.15) is 0 Å². The normalized spacial score (nSPS) is 9.98. The van der Waals surface area contributed by atoms with Gasteiger partial charge in [0.25, 0.3) is 0 Å². The van der Waals surface area contributed by atoms with Crippen LogP contribution in [0.1, 0.15) is 0 Å². The summed E-state index contributed by atoms with van der Waals surface area (Å²) in [7, 11) is -2.93. The Kier molecular flexibility index (Phi) is 14.0. The predicted molar refractivity (Wildman–Crippen MR) is 144 cm³/mol. The third-order valence-electron chi connectivity index (χ3n) is 5.28. The van der Waals surface area contributed by atoms with E-state index in [2.05, 4.69) is 35.6 Å². The van der Waals surface area contributed by atoms with Crippen molar-refractivity contribution in [2.75, 3.05) is 0 Å². The van der Waals surface area contributed by atoms with E-state index in [1.807, 2.05) is 98.0 Å². The molecule has 1 aromatic carbocycles. The smallest absolute Gasteiger partial charge is 0.444 e. The van der Waals surface area contributed by atoms with Gasteiger partial charge in [0.2, 0.25) is 0 Å². The van der Waals surface area contributed by atoms with Crippen molar-refractivity contribution in [3.05, 3.63) is 126 Å². The Morgan fingerprint density at radius 1 is 0.605 bits per heavy atom. The molecule has 5 aromatic heterocycles. The summed E-state index contributed by atoms with van der Waals surface area (Å²) < 4.78 is 36.0. The number of benzene rings is 1. The van der Waals surface area contributed by atoms with Crippen LogP contribution in [0.5, 0.6) is 0 Å². The second-order valence-corrected chi connectivity index (χ2v) is 8.74. The number of rotatable bonds is 3. The third-order valence-corrected chi connectivity index (χ3v) is 5.28. The number of aromatic nitrogens is 6. The van der Waals surface area contributed by atoms with Gasteiger partial charge in [-0.15, -0.1) is 15.6 Å². The molecular formula is C28H22ClN7O6Ru. The van der Waals surface area contributed by atoms with Crippen LogP contribution >= 0.6 is 0 Å². The summed E-state index contributed by atoms with van der Waals surface area (Å²) in [5.74, 6) is 0.904. The van der Waals surface area contributed by atoms with Crippen molar-refractivity contribution in [1.29, 1.82) is 0 Å². The molecule has 0 saturated carbocycles. The Morgan fingerprint density at radius 2 is 1.00 bits per heavy atom. The number of pyridine rings is 4. The molecule has 0 radical (unpaired) electrons. The van der Waals surface area contributed by atoms with Crippen LogP contribution in [-0.2, 0) is 26.5 Å². The first-order chi connectivity index (χ1) is 20.2. The maximum Gasteiger partial charge on any atom is 2.00 e. The summed E-state index contributed by atoms with van der Waals surface area (Å²) in [6.07, 6.45) is 5.32. The Hall–Kier alpha value is -4.56. The molecule has 5 heterocycles. The Balaban J connectivity index is 0.000000238. The predicted octanol–water partition coefficient (Wildman–Crippen LogP) is 1.33. The molecular weight excluding hydrogens is 667 g/mol. The van der Waals surface area contributed by atoms with Gasteiger partial charge >= 0.3 is 19.5 Å². The van der Waals surface area contributed by atoms with Crippen LogP contribution < -0.4 is 18.6 Å². The van der Waals surface area contributed by atoms with Crippen LogP contribution in [0.15, 0.2) is 121 Å². The number of hydrogen-bond donors (Lipinski definition) is 0. The van der Waals surface area contributed by atoms with Crippen molar-refractivity contribution >= 4 is 11.0 Å². The molecule has 0 amide bonds. The number of hydrogen-bond acceptors (Lipinski definition) is 12. The van der Waals surface area contributed by atoms with Gasteiger partial charge in [0.05, 0.1) is 33.8 Å². The Morgan fingerprint density at radius 3 is 1.42 bits per heavy atom. The van der Waals surface area contributed by atoms with Crippen molar-refractivity contribution in [2.24, 2.45) is 12.4 Å². The largest absolute Gasteiger partial charge is 2.00 e. The first kappa shape index (κ1) is 34.6. The molecule has 15 heteroatoms. The van der Waals surface area contributed by atoms with Crippen molar-refractivity contribution in [1.82, 2.24) is 29.5 Å². The molecule has 43 heavy (non-hydrogen) atoms. The topological polar surface area (TPSA) is 214 Å². The monoisotopic (exact) mass is 689 g/mol. The fourth-order valence-corrected chi connectivity index (χ4v) is 3.62. The minimum absolute atomic E-state index is 0. The van der Waals surface area contributed by atoms with E-state index in [1.165, 1.54) is 0 Å². The molecule has 0 aliphatic carbocycles. The molecule has 0 N–H and O–H groups in total. The van der Waals surface area contributed by atoms with Crippen LogP contribution in [0, 0.1) is 20.4 Å². The molecule has 0 aliphatic heterocycles. The first-order valence-corrected chi connectivity index (χ1v) is 13.1. The van der Waals surface area contributed by atoms with E-state index in [1.54, 1.807) is 18.6 Å². The van der Waals surface area contributed by atoms with Gasteiger partial charge in [-0.1, -0.05) is 36.4 Å². The maximum atomic E-state index is 8.49. The molecule has 6 aromatic rings. The van der Waals surface area contributed by atoms with E-state index in [0.717, 1.165) is 50.7 Å². The standard InChI is InChI=1S/C15H11N3.C13H11N3.ClHO4.HNO2.Ru/c1-3-10-16-12(6-1)14-8-5-9-15(18-14)13-7-2-4-11-17-13;1-16-12-8-3-2-6-10(12)15-13(16)11-7-4-5-9-14-11;2-1(3,4)5;2-1-3;/h1-11H;2-9H,1H3;(H,2,3,4,5);(H,2,3);/q;;;;+2/p-2. The number of imidazole rings is 1. The molecule has 0 saturated heterocycles. The van der Waals surface area contributed by atoms with E-state index in [0.29, 0.717) is 0 Å². The second kappa shape index (κ2) is 17.4. The van der Waals surface area contributed by atoms with Crippen molar-refractivity contribution < 1.29 is 48.4 Å². The second-order valence-electron chi connectivity index (χ2n) is 7.99. The van der Waals surface area contributed by atoms with E-state index in [9.17, 15) is 0 Å². The number of aryl methyl sites for hydroxylation is 1. The minimum atomic E-state index is -4.94. The van der Waals surface area contributed by atoms with Crippen LogP contribution in [0.2, 0.25) is 0 Å². The van der Waals surface area contributed by atoms with Crippen LogP contribution in [-0.4, -0.2) is 29.5 Å². The van der Waals surface area contributed by atoms with E-state index in [-0.39, 0.29) is 19.5 Å². The molecule has 13 nitrogen and oxygen atoms in total. The summed E-state index contributed by atoms with van der Waals surface area (Å²) in [6.45, 7) is 0. The number of fused-ring (bicyclic) bond motifs is 1. The zero-order valence-electron chi connectivity index (χ0n) is 22.3. The summed E-state index contributed by atoms with van der Waals surface area (Å²) in [6, 6.07) is 31.4. The van der Waals surface area contributed by atoms with Gasteiger partial charge in [0.1, 0.15) is 5.69 Å². The van der Waals surface area contributed by atoms with Crippen molar-refractivity contribution in [2.45, 2.75) is 0 Å². The zero-order chi connectivity index (χ0) is 30.4. The van der Waals surface area contributed by atoms with Gasteiger partial charge in [-0.25, -0.2) is 28.6 Å². The van der Waals surface area contributed by atoms with Crippen molar-refractivity contribution in [3.8, 4) is 34.3 Å². The average molecular weight is 689 g/mol. The summed E-state index contributed by atoms with van der Waals surface area (Å²) in [5.41, 5.74) is 6.50. The third kappa shape index (κ3) is 11.3. The van der Waals surface area contributed by atoms with Gasteiger partial charge < -0.3 is 14.7 Å². The van der Waals surface area contributed by atoms with E-state index in [4.69, 9.17) is 28.8 Å². The molecule has 6 rings (SSSR count). The number of halogens is 1. The van der Waals surface area contributed by atoms with Crippen molar-refractivity contribution in [3.63, 3.8) is 0 Å². The number of para-hydroxylation sites is 2. The molecule has 0 unspecified atom stereocenters. The maximum absolute atomic E-state index is 8.49. The Bertz CT molecular complexity index is 1620. The SMILES string of the molecule is Cn1c(-c2ccccn2)nc2ccccc21.O=N[O-].[O-][Cl+3]([O-])([O-])[O-].[Ru+2].c1ccc(-c2cccc(-c3ccccn3)n2)nc1. The zero-order valence-corrected chi connectivity index (χ0v) is 24.8. The molecule has 0 aliphatic rings. The molecule has 220 valence electrons. The van der Waals surface area contributed by atoms with Gasteiger partial charge in [0, 0.05) is 25.6 Å². The van der Waals surface area contributed by atoms with Crippen LogP contribution in [0.4, 0.5) is 0 Å². The molecule has 0 atom stereocenters. The van der Waals surface area contributed by atoms with Crippen LogP contribution in [0.25, 0.3) is 45.3 Å². The van der Waals surface area contributed by atoms with Crippen LogP contribution in [0.3, 0.4) is 0 Å². The summed E-state index contributed by atoms with van der Waals surface area (Å²) >= 11 is 0. The first-order valence-electron chi connectivity index (χ1n) is 11.9. The molecule has 0 bridgehead atoms. The fraction of sp³-hybridized carbons (Fsp3) is 0.0357. The number of nitrogens with zero attached hydrogens (tertiary/aromatic N) is 7. The van der Waals surface area contributed by atoms with Gasteiger partial charge in [0.15, 0.2) is 5.82 Å². The minimum Gasteiger partial charge on any atom is -0.444 e. The average Bonchev–Trinajstić information content (AvgIpc) is 3.35. The Labute approximate surface area is 260 Å². The quantitative estimate of drug-likeness (QED) is 0.147. The molecule has 0 fully saturated rings. The van der Waals surface area contributed by atoms with Gasteiger partial charge in [-0.05, 0) is 60.7 Å². The van der Waals surface area contributed by atoms with Gasteiger partial charge in [-0.3, -0.25) is 15.0 Å². The summed E-state index contributed by atoms with van der Waals surface area (Å²) in [4.78, 5) is 30.1. The summed E-state index contributed by atoms with van der Waals surface area (Å²) in [5, 5.41) is 9.00.